The quantitative estimate of drug-likeness (QED) is 0.360. The standard InChI is InChI=1S/C22H18O8/c23-15-7-16(24)10-19(9-15)29-21(27)5-13-2-1-3-14(4-13)6-22(28)30-20-11-17(25)8-18(26)12-20/h1-4,7-12,23-26H,5-6H2. The van der Waals surface area contributed by atoms with E-state index in [1.165, 1.54) is 24.3 Å². The Labute approximate surface area is 171 Å². The first-order valence-corrected chi connectivity index (χ1v) is 8.82. The summed E-state index contributed by atoms with van der Waals surface area (Å²) in [5, 5.41) is 37.7. The summed E-state index contributed by atoms with van der Waals surface area (Å²) < 4.78 is 10.2. The normalized spacial score (nSPS) is 10.4. The third kappa shape index (κ3) is 5.90. The van der Waals surface area contributed by atoms with E-state index in [9.17, 15) is 30.0 Å². The Kier molecular flexibility index (Phi) is 6.07. The largest absolute Gasteiger partial charge is 0.508 e. The van der Waals surface area contributed by atoms with Crippen molar-refractivity contribution in [3.8, 4) is 34.5 Å². The van der Waals surface area contributed by atoms with Gasteiger partial charge in [-0.2, -0.15) is 0 Å². The summed E-state index contributed by atoms with van der Waals surface area (Å²) in [6.45, 7) is 0. The minimum Gasteiger partial charge on any atom is -0.508 e. The number of phenols is 4. The summed E-state index contributed by atoms with van der Waals surface area (Å²) in [6, 6.07) is 13.7. The predicted octanol–water partition coefficient (Wildman–Crippen LogP) is 2.81. The summed E-state index contributed by atoms with van der Waals surface area (Å²) >= 11 is 0. The maximum atomic E-state index is 12.1. The number of carbonyl (C=O) groups is 2. The average Bonchev–Trinajstić information content (AvgIpc) is 2.59. The molecule has 0 fully saturated rings. The molecule has 3 aromatic rings. The maximum absolute atomic E-state index is 12.1. The van der Waals surface area contributed by atoms with E-state index in [0.29, 0.717) is 11.1 Å². The van der Waals surface area contributed by atoms with E-state index >= 15 is 0 Å². The second kappa shape index (κ2) is 8.87. The smallest absolute Gasteiger partial charge is 0.315 e. The molecule has 30 heavy (non-hydrogen) atoms. The Balaban J connectivity index is 1.61. The van der Waals surface area contributed by atoms with E-state index in [-0.39, 0.29) is 47.3 Å². The highest BCUT2D eigenvalue weighted by molar-refractivity contribution is 5.77. The van der Waals surface area contributed by atoms with Gasteiger partial charge in [0.05, 0.1) is 12.8 Å². The number of benzene rings is 3. The Hall–Kier alpha value is -4.20. The van der Waals surface area contributed by atoms with E-state index in [0.717, 1.165) is 12.1 Å². The van der Waals surface area contributed by atoms with Gasteiger partial charge in [0, 0.05) is 36.4 Å². The number of phenolic OH excluding ortho intramolecular Hbond substituents is 4. The van der Waals surface area contributed by atoms with Gasteiger partial charge < -0.3 is 29.9 Å². The molecule has 0 heterocycles. The number of hydrogen-bond acceptors (Lipinski definition) is 8. The zero-order valence-corrected chi connectivity index (χ0v) is 15.6. The molecule has 0 radical (unpaired) electrons. The summed E-state index contributed by atoms with van der Waals surface area (Å²) in [4.78, 5) is 24.2. The van der Waals surface area contributed by atoms with Crippen molar-refractivity contribution in [2.24, 2.45) is 0 Å². The molecule has 0 unspecified atom stereocenters. The van der Waals surface area contributed by atoms with Crippen LogP contribution in [0.2, 0.25) is 0 Å². The Morgan fingerprint density at radius 3 is 1.33 bits per heavy atom. The van der Waals surface area contributed by atoms with Crippen molar-refractivity contribution in [3.05, 3.63) is 71.8 Å². The Morgan fingerprint density at radius 2 is 0.967 bits per heavy atom. The van der Waals surface area contributed by atoms with Crippen LogP contribution in [0.1, 0.15) is 11.1 Å². The van der Waals surface area contributed by atoms with E-state index in [2.05, 4.69) is 0 Å². The van der Waals surface area contributed by atoms with Crippen LogP contribution in [0.15, 0.2) is 60.7 Å². The lowest BCUT2D eigenvalue weighted by Crippen LogP contribution is -2.13. The summed E-state index contributed by atoms with van der Waals surface area (Å²) in [5.41, 5.74) is 1.18. The molecule has 0 saturated carbocycles. The van der Waals surface area contributed by atoms with Gasteiger partial charge in [0.2, 0.25) is 0 Å². The zero-order valence-electron chi connectivity index (χ0n) is 15.6. The van der Waals surface area contributed by atoms with Crippen molar-refractivity contribution in [1.82, 2.24) is 0 Å². The van der Waals surface area contributed by atoms with E-state index in [1.807, 2.05) is 0 Å². The second-order valence-corrected chi connectivity index (χ2v) is 6.49. The fraction of sp³-hybridized carbons (Fsp3) is 0.0909. The molecule has 0 spiro atoms. The minimum atomic E-state index is -0.616. The predicted molar refractivity (Wildman–Crippen MR) is 105 cm³/mol. The summed E-state index contributed by atoms with van der Waals surface area (Å²) in [5.74, 6) is -2.17. The summed E-state index contributed by atoms with van der Waals surface area (Å²) in [7, 11) is 0. The molecule has 3 aromatic carbocycles. The molecule has 0 aliphatic rings. The first kappa shape index (κ1) is 20.5. The lowest BCUT2D eigenvalue weighted by Gasteiger charge is -2.08. The van der Waals surface area contributed by atoms with Crippen molar-refractivity contribution in [3.63, 3.8) is 0 Å². The van der Waals surface area contributed by atoms with E-state index in [4.69, 9.17) is 9.47 Å². The molecule has 3 rings (SSSR count). The van der Waals surface area contributed by atoms with Crippen molar-refractivity contribution < 1.29 is 39.5 Å². The molecule has 0 amide bonds. The highest BCUT2D eigenvalue weighted by Crippen LogP contribution is 2.27. The van der Waals surface area contributed by atoms with Gasteiger partial charge in [-0.15, -0.1) is 0 Å². The van der Waals surface area contributed by atoms with Crippen LogP contribution in [-0.2, 0) is 22.4 Å². The number of hydrogen-bond donors (Lipinski definition) is 4. The molecule has 8 heteroatoms. The molecule has 0 bridgehead atoms. The second-order valence-electron chi connectivity index (χ2n) is 6.49. The Bertz CT molecular complexity index is 967. The van der Waals surface area contributed by atoms with E-state index < -0.39 is 11.9 Å². The maximum Gasteiger partial charge on any atom is 0.315 e. The van der Waals surface area contributed by atoms with Crippen LogP contribution in [0.25, 0.3) is 0 Å². The van der Waals surface area contributed by atoms with Gasteiger partial charge in [-0.1, -0.05) is 24.3 Å². The third-order valence-corrected chi connectivity index (χ3v) is 3.90. The molecule has 0 atom stereocenters. The van der Waals surface area contributed by atoms with Gasteiger partial charge in [-0.3, -0.25) is 9.59 Å². The molecule has 0 aromatic heterocycles. The highest BCUT2D eigenvalue weighted by atomic mass is 16.5. The zero-order chi connectivity index (χ0) is 21.7. The van der Waals surface area contributed by atoms with Crippen LogP contribution in [0.4, 0.5) is 0 Å². The molecule has 154 valence electrons. The fourth-order valence-electron chi connectivity index (χ4n) is 2.77. The van der Waals surface area contributed by atoms with Crippen LogP contribution in [-0.4, -0.2) is 32.4 Å². The number of carbonyl (C=O) groups excluding carboxylic acids is 2. The van der Waals surface area contributed by atoms with E-state index in [1.54, 1.807) is 24.3 Å². The third-order valence-electron chi connectivity index (χ3n) is 3.90. The summed E-state index contributed by atoms with van der Waals surface area (Å²) in [6.07, 6.45) is -0.195. The number of aromatic hydroxyl groups is 4. The molecule has 0 aliphatic heterocycles. The lowest BCUT2D eigenvalue weighted by molar-refractivity contribution is -0.134. The average molecular weight is 410 g/mol. The van der Waals surface area contributed by atoms with Gasteiger partial charge in [0.25, 0.3) is 0 Å². The first-order chi connectivity index (χ1) is 14.3. The van der Waals surface area contributed by atoms with Gasteiger partial charge in [0.1, 0.15) is 34.5 Å². The molecule has 0 aliphatic carbocycles. The molecule has 0 saturated heterocycles. The van der Waals surface area contributed by atoms with Crippen LogP contribution >= 0.6 is 0 Å². The van der Waals surface area contributed by atoms with Crippen LogP contribution in [0.3, 0.4) is 0 Å². The fourth-order valence-corrected chi connectivity index (χ4v) is 2.77. The van der Waals surface area contributed by atoms with Gasteiger partial charge in [-0.05, 0) is 11.1 Å². The van der Waals surface area contributed by atoms with Crippen LogP contribution in [0.5, 0.6) is 34.5 Å². The molecule has 4 N–H and O–H groups in total. The number of ether oxygens (including phenoxy) is 2. The topological polar surface area (TPSA) is 134 Å². The van der Waals surface area contributed by atoms with Gasteiger partial charge in [-0.25, -0.2) is 0 Å². The van der Waals surface area contributed by atoms with Crippen molar-refractivity contribution in [2.75, 3.05) is 0 Å². The minimum absolute atomic E-state index is 0.00611. The molecular weight excluding hydrogens is 392 g/mol. The van der Waals surface area contributed by atoms with Crippen molar-refractivity contribution in [2.45, 2.75) is 12.8 Å². The monoisotopic (exact) mass is 410 g/mol. The van der Waals surface area contributed by atoms with Crippen LogP contribution < -0.4 is 9.47 Å². The van der Waals surface area contributed by atoms with Gasteiger partial charge >= 0.3 is 11.9 Å². The Morgan fingerprint density at radius 1 is 0.600 bits per heavy atom. The molecular formula is C22H18O8. The van der Waals surface area contributed by atoms with Crippen molar-refractivity contribution in [1.29, 1.82) is 0 Å². The highest BCUT2D eigenvalue weighted by Gasteiger charge is 2.12. The van der Waals surface area contributed by atoms with Crippen molar-refractivity contribution >= 4 is 11.9 Å². The number of esters is 2. The lowest BCUT2D eigenvalue weighted by atomic mass is 10.1. The SMILES string of the molecule is O=C(Cc1cccc(CC(=O)Oc2cc(O)cc(O)c2)c1)Oc1cc(O)cc(O)c1. The molecule has 8 nitrogen and oxygen atoms in total. The number of rotatable bonds is 6. The van der Waals surface area contributed by atoms with Crippen LogP contribution in [0, 0.1) is 0 Å². The van der Waals surface area contributed by atoms with Gasteiger partial charge in [0.15, 0.2) is 0 Å². The first-order valence-electron chi connectivity index (χ1n) is 8.82.